The van der Waals surface area contributed by atoms with Gasteiger partial charge in [0.05, 0.1) is 9.13 Å². The smallest absolute Gasteiger partial charge is 0.416 e. The van der Waals surface area contributed by atoms with E-state index in [2.05, 4.69) is 0 Å². The van der Waals surface area contributed by atoms with Crippen LogP contribution in [0.4, 0.5) is 17.6 Å². The van der Waals surface area contributed by atoms with Crippen LogP contribution in [-0.4, -0.2) is 5.60 Å². The van der Waals surface area contributed by atoms with E-state index in [0.29, 0.717) is 6.07 Å². The molecule has 6 heteroatoms. The molecule has 0 atom stereocenters. The molecule has 0 aliphatic rings. The SMILES string of the molecule is CC(C)(C)Oc1c(F)cc(C(F)(F)F)cc1I. The minimum absolute atomic E-state index is 0.102. The normalized spacial score (nSPS) is 12.7. The molecule has 0 unspecified atom stereocenters. The Balaban J connectivity index is 3.20. The molecule has 96 valence electrons. The minimum Gasteiger partial charge on any atom is -0.484 e. The van der Waals surface area contributed by atoms with Crippen LogP contribution in [0.2, 0.25) is 0 Å². The lowest BCUT2D eigenvalue weighted by molar-refractivity contribution is -0.137. The predicted octanol–water partition coefficient (Wildman–Crippen LogP) is 4.63. The van der Waals surface area contributed by atoms with Crippen molar-refractivity contribution in [3.8, 4) is 5.75 Å². The van der Waals surface area contributed by atoms with Crippen molar-refractivity contribution >= 4 is 22.6 Å². The van der Waals surface area contributed by atoms with Gasteiger partial charge in [0, 0.05) is 0 Å². The number of halogens is 5. The molecule has 1 nitrogen and oxygen atoms in total. The van der Waals surface area contributed by atoms with Gasteiger partial charge in [-0.1, -0.05) is 0 Å². The first-order chi connectivity index (χ1) is 7.50. The summed E-state index contributed by atoms with van der Waals surface area (Å²) in [6.07, 6.45) is -4.55. The molecule has 0 saturated heterocycles. The fraction of sp³-hybridized carbons (Fsp3) is 0.455. The van der Waals surface area contributed by atoms with E-state index >= 15 is 0 Å². The Morgan fingerprint density at radius 1 is 1.12 bits per heavy atom. The summed E-state index contributed by atoms with van der Waals surface area (Å²) in [7, 11) is 0. The number of ether oxygens (including phenoxy) is 1. The molecular weight excluding hydrogens is 351 g/mol. The van der Waals surface area contributed by atoms with E-state index in [1.54, 1.807) is 43.4 Å². The standard InChI is InChI=1S/C11H11F4IO/c1-10(2,3)17-9-7(12)4-6(5-8(9)16)11(13,14)15/h4-5H,1-3H3. The third-order valence-electron chi connectivity index (χ3n) is 1.73. The molecule has 0 aliphatic heterocycles. The highest BCUT2D eigenvalue weighted by molar-refractivity contribution is 14.1. The Labute approximate surface area is 110 Å². The van der Waals surface area contributed by atoms with Crippen molar-refractivity contribution in [3.05, 3.63) is 27.1 Å². The summed E-state index contributed by atoms with van der Waals surface area (Å²) in [5, 5.41) is 0. The van der Waals surface area contributed by atoms with Crippen molar-refractivity contribution in [2.75, 3.05) is 0 Å². The van der Waals surface area contributed by atoms with Gasteiger partial charge in [0.15, 0.2) is 11.6 Å². The lowest BCUT2D eigenvalue weighted by atomic mass is 10.1. The van der Waals surface area contributed by atoms with Crippen LogP contribution < -0.4 is 4.74 Å². The molecule has 0 N–H and O–H groups in total. The van der Waals surface area contributed by atoms with Crippen LogP contribution in [0.5, 0.6) is 5.75 Å². The van der Waals surface area contributed by atoms with Gasteiger partial charge in [0.25, 0.3) is 0 Å². The topological polar surface area (TPSA) is 9.23 Å². The van der Waals surface area contributed by atoms with Crippen LogP contribution in [0.15, 0.2) is 12.1 Å². The average Bonchev–Trinajstić information content (AvgIpc) is 2.07. The van der Waals surface area contributed by atoms with Crippen LogP contribution >= 0.6 is 22.6 Å². The molecule has 0 aromatic heterocycles. The zero-order chi connectivity index (χ0) is 13.4. The molecule has 0 spiro atoms. The summed E-state index contributed by atoms with van der Waals surface area (Å²) in [4.78, 5) is 0. The van der Waals surface area contributed by atoms with E-state index in [-0.39, 0.29) is 9.32 Å². The van der Waals surface area contributed by atoms with Gasteiger partial charge in [-0.15, -0.1) is 0 Å². The Hall–Kier alpha value is -0.530. The van der Waals surface area contributed by atoms with E-state index in [1.165, 1.54) is 0 Å². The second-order valence-corrected chi connectivity index (χ2v) is 5.64. The number of benzene rings is 1. The highest BCUT2D eigenvalue weighted by Crippen LogP contribution is 2.36. The molecule has 17 heavy (non-hydrogen) atoms. The Kier molecular flexibility index (Phi) is 3.95. The average molecular weight is 362 g/mol. The predicted molar refractivity (Wildman–Crippen MR) is 64.5 cm³/mol. The Morgan fingerprint density at radius 3 is 2.00 bits per heavy atom. The van der Waals surface area contributed by atoms with Crippen LogP contribution in [-0.2, 0) is 6.18 Å². The molecule has 1 aromatic carbocycles. The molecule has 0 aliphatic carbocycles. The van der Waals surface area contributed by atoms with Crippen molar-refractivity contribution in [1.82, 2.24) is 0 Å². The molecule has 0 saturated carbocycles. The van der Waals surface area contributed by atoms with Gasteiger partial charge in [-0.05, 0) is 55.5 Å². The highest BCUT2D eigenvalue weighted by atomic mass is 127. The fourth-order valence-electron chi connectivity index (χ4n) is 1.13. The fourth-order valence-corrected chi connectivity index (χ4v) is 1.83. The lowest BCUT2D eigenvalue weighted by Gasteiger charge is -2.23. The molecule has 0 heterocycles. The largest absolute Gasteiger partial charge is 0.484 e. The van der Waals surface area contributed by atoms with Crippen molar-refractivity contribution in [2.45, 2.75) is 32.5 Å². The lowest BCUT2D eigenvalue weighted by Crippen LogP contribution is -2.24. The molecule has 0 bridgehead atoms. The molecule has 0 amide bonds. The summed E-state index contributed by atoms with van der Waals surface area (Å²) >= 11 is 1.63. The zero-order valence-electron chi connectivity index (χ0n) is 9.45. The first-order valence-electron chi connectivity index (χ1n) is 4.76. The van der Waals surface area contributed by atoms with Gasteiger partial charge in [-0.2, -0.15) is 13.2 Å². The number of rotatable bonds is 1. The van der Waals surface area contributed by atoms with Crippen molar-refractivity contribution in [3.63, 3.8) is 0 Å². The molecule has 1 rings (SSSR count). The van der Waals surface area contributed by atoms with Crippen LogP contribution in [0.25, 0.3) is 0 Å². The second-order valence-electron chi connectivity index (χ2n) is 4.48. The van der Waals surface area contributed by atoms with Crippen LogP contribution in [0.3, 0.4) is 0 Å². The van der Waals surface area contributed by atoms with E-state index in [0.717, 1.165) is 6.07 Å². The summed E-state index contributed by atoms with van der Waals surface area (Å²) in [5.74, 6) is -1.15. The Bertz CT molecular complexity index is 397. The number of hydrogen-bond acceptors (Lipinski definition) is 1. The maximum atomic E-state index is 13.5. The second kappa shape index (κ2) is 4.62. The molecule has 0 fully saturated rings. The van der Waals surface area contributed by atoms with Gasteiger partial charge in [0.1, 0.15) is 5.60 Å². The third kappa shape index (κ3) is 4.01. The van der Waals surface area contributed by atoms with E-state index < -0.39 is 23.2 Å². The number of alkyl halides is 3. The van der Waals surface area contributed by atoms with Crippen LogP contribution in [0, 0.1) is 9.39 Å². The monoisotopic (exact) mass is 362 g/mol. The van der Waals surface area contributed by atoms with Crippen molar-refractivity contribution in [1.29, 1.82) is 0 Å². The Morgan fingerprint density at radius 2 is 1.65 bits per heavy atom. The van der Waals surface area contributed by atoms with Gasteiger partial charge in [-0.25, -0.2) is 4.39 Å². The zero-order valence-corrected chi connectivity index (χ0v) is 11.6. The van der Waals surface area contributed by atoms with Gasteiger partial charge < -0.3 is 4.74 Å². The van der Waals surface area contributed by atoms with Crippen LogP contribution in [0.1, 0.15) is 26.3 Å². The first-order valence-corrected chi connectivity index (χ1v) is 5.84. The van der Waals surface area contributed by atoms with Crippen molar-refractivity contribution < 1.29 is 22.3 Å². The minimum atomic E-state index is -4.55. The molecule has 1 aromatic rings. The van der Waals surface area contributed by atoms with Gasteiger partial charge in [0.2, 0.25) is 0 Å². The van der Waals surface area contributed by atoms with E-state index in [9.17, 15) is 17.6 Å². The van der Waals surface area contributed by atoms with Gasteiger partial charge >= 0.3 is 6.18 Å². The third-order valence-corrected chi connectivity index (χ3v) is 2.54. The number of hydrogen-bond donors (Lipinski definition) is 0. The van der Waals surface area contributed by atoms with Gasteiger partial charge in [-0.3, -0.25) is 0 Å². The summed E-state index contributed by atoms with van der Waals surface area (Å²) < 4.78 is 56.1. The molecule has 0 radical (unpaired) electrons. The summed E-state index contributed by atoms with van der Waals surface area (Å²) in [6, 6.07) is 1.31. The highest BCUT2D eigenvalue weighted by Gasteiger charge is 2.33. The summed E-state index contributed by atoms with van der Waals surface area (Å²) in [6.45, 7) is 5.08. The van der Waals surface area contributed by atoms with E-state index in [1.807, 2.05) is 0 Å². The summed E-state index contributed by atoms with van der Waals surface area (Å²) in [5.41, 5.74) is -1.68. The maximum absolute atomic E-state index is 13.5. The maximum Gasteiger partial charge on any atom is 0.416 e. The molecular formula is C11H11F4IO. The van der Waals surface area contributed by atoms with Crippen molar-refractivity contribution in [2.24, 2.45) is 0 Å². The van der Waals surface area contributed by atoms with E-state index in [4.69, 9.17) is 4.74 Å². The quantitative estimate of drug-likeness (QED) is 0.523. The first kappa shape index (κ1) is 14.5.